The molecule has 2 unspecified atom stereocenters. The summed E-state index contributed by atoms with van der Waals surface area (Å²) in [6.07, 6.45) is 5.36. The maximum Gasteiger partial charge on any atom is 0.0709 e. The zero-order chi connectivity index (χ0) is 12.8. The van der Waals surface area contributed by atoms with Crippen LogP contribution >= 0.6 is 8.58 Å². The van der Waals surface area contributed by atoms with Crippen molar-refractivity contribution in [3.05, 3.63) is 36.4 Å². The Bertz CT molecular complexity index is 495. The van der Waals surface area contributed by atoms with Crippen molar-refractivity contribution in [2.24, 2.45) is 0 Å². The molecule has 2 atom stereocenters. The summed E-state index contributed by atoms with van der Waals surface area (Å²) >= 11 is 0. The quantitative estimate of drug-likeness (QED) is 0.549. The van der Waals surface area contributed by atoms with E-state index in [-0.39, 0.29) is 0 Å². The number of pyridine rings is 1. The molecule has 1 heterocycles. The van der Waals surface area contributed by atoms with Crippen LogP contribution in [0.2, 0.25) is 0 Å². The van der Waals surface area contributed by atoms with Crippen LogP contribution in [0.15, 0.2) is 36.4 Å². The standard InChI is InChI=1S/C16H22NP/c1-3-4-5-8-13(2)18-16-12-11-14-9-6-7-10-15(14)17-16/h6-7,9-13,18H,3-5,8H2,1-2H3. The minimum atomic E-state index is 0.769. The smallest absolute Gasteiger partial charge is 0.0709 e. The Balaban J connectivity index is 1.98. The lowest BCUT2D eigenvalue weighted by molar-refractivity contribution is 0.663. The summed E-state index contributed by atoms with van der Waals surface area (Å²) in [7, 11) is 0.842. The van der Waals surface area contributed by atoms with Gasteiger partial charge in [0.25, 0.3) is 0 Å². The van der Waals surface area contributed by atoms with Gasteiger partial charge < -0.3 is 0 Å². The van der Waals surface area contributed by atoms with Crippen molar-refractivity contribution in [2.45, 2.75) is 45.2 Å². The summed E-state index contributed by atoms with van der Waals surface area (Å²) < 4.78 is 0. The molecule has 0 bridgehead atoms. The van der Waals surface area contributed by atoms with Crippen molar-refractivity contribution in [3.8, 4) is 0 Å². The van der Waals surface area contributed by atoms with Crippen molar-refractivity contribution >= 4 is 24.9 Å². The molecule has 0 amide bonds. The van der Waals surface area contributed by atoms with Gasteiger partial charge in [-0.05, 0) is 24.2 Å². The van der Waals surface area contributed by atoms with E-state index in [9.17, 15) is 0 Å². The number of hydrogen-bond acceptors (Lipinski definition) is 1. The van der Waals surface area contributed by atoms with Gasteiger partial charge in [-0.2, -0.15) is 0 Å². The SMILES string of the molecule is CCCCCC(C)Pc1ccc2ccccc2n1. The normalized spacial score (nSPS) is 13.4. The third-order valence-electron chi connectivity index (χ3n) is 3.23. The fraction of sp³-hybridized carbons (Fsp3) is 0.438. The molecule has 0 saturated carbocycles. The first kappa shape index (κ1) is 13.5. The van der Waals surface area contributed by atoms with Crippen LogP contribution in [-0.2, 0) is 0 Å². The summed E-state index contributed by atoms with van der Waals surface area (Å²) in [4.78, 5) is 4.76. The van der Waals surface area contributed by atoms with Gasteiger partial charge in [0.2, 0.25) is 0 Å². The van der Waals surface area contributed by atoms with Crippen LogP contribution in [0.1, 0.15) is 39.5 Å². The van der Waals surface area contributed by atoms with Crippen LogP contribution in [0.25, 0.3) is 10.9 Å². The minimum Gasteiger partial charge on any atom is -0.248 e. The van der Waals surface area contributed by atoms with Crippen LogP contribution in [0.3, 0.4) is 0 Å². The molecule has 0 saturated heterocycles. The Labute approximate surface area is 112 Å². The third-order valence-corrected chi connectivity index (χ3v) is 4.59. The van der Waals surface area contributed by atoms with E-state index in [1.165, 1.54) is 36.5 Å². The monoisotopic (exact) mass is 259 g/mol. The molecule has 0 aliphatic rings. The number of rotatable bonds is 6. The topological polar surface area (TPSA) is 12.9 Å². The van der Waals surface area contributed by atoms with E-state index in [4.69, 9.17) is 4.98 Å². The Kier molecular flexibility index (Phi) is 5.13. The molecular formula is C16H22NP. The number of benzene rings is 1. The lowest BCUT2D eigenvalue weighted by atomic mass is 10.2. The van der Waals surface area contributed by atoms with E-state index in [0.29, 0.717) is 0 Å². The van der Waals surface area contributed by atoms with Gasteiger partial charge in [-0.25, -0.2) is 4.98 Å². The molecule has 0 radical (unpaired) electrons. The van der Waals surface area contributed by atoms with Gasteiger partial charge in [0.15, 0.2) is 0 Å². The molecule has 1 nitrogen and oxygen atoms in total. The van der Waals surface area contributed by atoms with Gasteiger partial charge in [-0.1, -0.05) is 66.0 Å². The Morgan fingerprint density at radius 3 is 2.78 bits per heavy atom. The number of para-hydroxylation sites is 1. The number of unbranched alkanes of at least 4 members (excludes halogenated alkanes) is 2. The molecule has 96 valence electrons. The maximum atomic E-state index is 4.76. The van der Waals surface area contributed by atoms with E-state index in [2.05, 4.69) is 50.2 Å². The lowest BCUT2D eigenvalue weighted by Gasteiger charge is -2.11. The molecule has 0 aliphatic carbocycles. The summed E-state index contributed by atoms with van der Waals surface area (Å²) in [6, 6.07) is 12.7. The summed E-state index contributed by atoms with van der Waals surface area (Å²) in [5.74, 6) is 0. The first-order valence-corrected chi connectivity index (χ1v) is 7.99. The average Bonchev–Trinajstić information content (AvgIpc) is 2.39. The van der Waals surface area contributed by atoms with Crippen LogP contribution in [0, 0.1) is 0 Å². The molecule has 0 N–H and O–H groups in total. The zero-order valence-electron chi connectivity index (χ0n) is 11.3. The number of nitrogens with zero attached hydrogens (tertiary/aromatic N) is 1. The second-order valence-electron chi connectivity index (χ2n) is 4.93. The highest BCUT2D eigenvalue weighted by Gasteiger charge is 2.05. The van der Waals surface area contributed by atoms with Crippen molar-refractivity contribution < 1.29 is 0 Å². The van der Waals surface area contributed by atoms with Crippen LogP contribution in [-0.4, -0.2) is 10.6 Å². The van der Waals surface area contributed by atoms with Crippen molar-refractivity contribution in [1.29, 1.82) is 0 Å². The predicted octanol–water partition coefficient (Wildman–Crippen LogP) is 4.51. The first-order valence-electron chi connectivity index (χ1n) is 6.92. The highest BCUT2D eigenvalue weighted by Crippen LogP contribution is 2.23. The van der Waals surface area contributed by atoms with E-state index < -0.39 is 0 Å². The molecule has 2 rings (SSSR count). The minimum absolute atomic E-state index is 0.769. The molecule has 18 heavy (non-hydrogen) atoms. The number of hydrogen-bond donors (Lipinski definition) is 0. The van der Waals surface area contributed by atoms with Crippen molar-refractivity contribution in [2.75, 3.05) is 0 Å². The van der Waals surface area contributed by atoms with E-state index in [0.717, 1.165) is 19.8 Å². The molecule has 0 spiro atoms. The van der Waals surface area contributed by atoms with Gasteiger partial charge in [-0.15, -0.1) is 0 Å². The summed E-state index contributed by atoms with van der Waals surface area (Å²) in [6.45, 7) is 4.61. The Hall–Kier alpha value is -0.940. The fourth-order valence-electron chi connectivity index (χ4n) is 2.17. The number of fused-ring (bicyclic) bond motifs is 1. The van der Waals surface area contributed by atoms with Gasteiger partial charge in [-0.3, -0.25) is 0 Å². The van der Waals surface area contributed by atoms with Crippen molar-refractivity contribution in [3.63, 3.8) is 0 Å². The third kappa shape index (κ3) is 3.78. The highest BCUT2D eigenvalue weighted by atomic mass is 31.1. The maximum absolute atomic E-state index is 4.76. The van der Waals surface area contributed by atoms with Gasteiger partial charge >= 0.3 is 0 Å². The van der Waals surface area contributed by atoms with E-state index in [1.807, 2.05) is 0 Å². The Morgan fingerprint density at radius 2 is 1.94 bits per heavy atom. The van der Waals surface area contributed by atoms with Gasteiger partial charge in [0, 0.05) is 5.39 Å². The van der Waals surface area contributed by atoms with Crippen LogP contribution in [0.4, 0.5) is 0 Å². The highest BCUT2D eigenvalue weighted by molar-refractivity contribution is 7.47. The Morgan fingerprint density at radius 1 is 1.11 bits per heavy atom. The van der Waals surface area contributed by atoms with Crippen molar-refractivity contribution in [1.82, 2.24) is 4.98 Å². The molecular weight excluding hydrogens is 237 g/mol. The molecule has 0 fully saturated rings. The second-order valence-corrected chi connectivity index (χ2v) is 6.72. The summed E-state index contributed by atoms with van der Waals surface area (Å²) in [5, 5.41) is 1.24. The van der Waals surface area contributed by atoms with E-state index in [1.54, 1.807) is 0 Å². The zero-order valence-corrected chi connectivity index (χ0v) is 12.3. The van der Waals surface area contributed by atoms with Gasteiger partial charge in [0.05, 0.1) is 11.0 Å². The molecule has 1 aromatic heterocycles. The molecule has 2 aromatic rings. The van der Waals surface area contributed by atoms with Crippen LogP contribution in [0.5, 0.6) is 0 Å². The van der Waals surface area contributed by atoms with Gasteiger partial charge in [0.1, 0.15) is 0 Å². The first-order chi connectivity index (χ1) is 8.79. The molecule has 1 aromatic carbocycles. The predicted molar refractivity (Wildman–Crippen MR) is 83.3 cm³/mol. The van der Waals surface area contributed by atoms with E-state index >= 15 is 0 Å². The lowest BCUT2D eigenvalue weighted by Crippen LogP contribution is -2.06. The average molecular weight is 259 g/mol. The molecule has 0 aliphatic heterocycles. The second kappa shape index (κ2) is 6.85. The number of aromatic nitrogens is 1. The van der Waals surface area contributed by atoms with Crippen LogP contribution < -0.4 is 5.44 Å². The fourth-order valence-corrected chi connectivity index (χ4v) is 3.39. The molecule has 2 heteroatoms. The summed E-state index contributed by atoms with van der Waals surface area (Å²) in [5.41, 5.74) is 3.16. The largest absolute Gasteiger partial charge is 0.248 e.